The Labute approximate surface area is 104 Å². The molecule has 1 heterocycles. The first-order valence-electron chi connectivity index (χ1n) is 5.79. The molecule has 1 amide bonds. The summed E-state index contributed by atoms with van der Waals surface area (Å²) in [6, 6.07) is 3.03. The van der Waals surface area contributed by atoms with Gasteiger partial charge in [0.1, 0.15) is 11.6 Å². The van der Waals surface area contributed by atoms with Crippen molar-refractivity contribution in [3.05, 3.63) is 35.4 Å². The van der Waals surface area contributed by atoms with Crippen LogP contribution in [0.5, 0.6) is 0 Å². The van der Waals surface area contributed by atoms with E-state index >= 15 is 0 Å². The summed E-state index contributed by atoms with van der Waals surface area (Å²) in [5, 5.41) is 2.67. The molecular formula is C12H15F2N3O. The molecular weight excluding hydrogens is 240 g/mol. The summed E-state index contributed by atoms with van der Waals surface area (Å²) in [6.07, 6.45) is 0. The Morgan fingerprint density at radius 2 is 2.06 bits per heavy atom. The van der Waals surface area contributed by atoms with Crippen molar-refractivity contribution in [2.75, 3.05) is 13.1 Å². The molecule has 1 aliphatic heterocycles. The summed E-state index contributed by atoms with van der Waals surface area (Å²) >= 11 is 0. The van der Waals surface area contributed by atoms with E-state index in [4.69, 9.17) is 0 Å². The summed E-state index contributed by atoms with van der Waals surface area (Å²) in [4.78, 5) is 11.7. The average molecular weight is 255 g/mol. The van der Waals surface area contributed by atoms with Gasteiger partial charge in [-0.1, -0.05) is 0 Å². The van der Waals surface area contributed by atoms with Gasteiger partial charge in [0.2, 0.25) is 0 Å². The third kappa shape index (κ3) is 3.02. The number of benzene rings is 1. The maximum atomic E-state index is 13.0. The van der Waals surface area contributed by atoms with Crippen LogP contribution in [0.3, 0.4) is 0 Å². The number of carbonyl (C=O) groups excluding carboxylic acids is 1. The monoisotopic (exact) mass is 255 g/mol. The Hall–Kier alpha value is -1.53. The lowest BCUT2D eigenvalue weighted by molar-refractivity contribution is 0.0946. The topological polar surface area (TPSA) is 53.2 Å². The number of hydrogen-bond acceptors (Lipinski definition) is 3. The molecule has 98 valence electrons. The van der Waals surface area contributed by atoms with Crippen LogP contribution in [0.2, 0.25) is 0 Å². The maximum absolute atomic E-state index is 13.0. The minimum Gasteiger partial charge on any atom is -0.352 e. The Kier molecular flexibility index (Phi) is 3.88. The molecule has 0 bridgehead atoms. The van der Waals surface area contributed by atoms with E-state index in [1.54, 1.807) is 0 Å². The normalized spacial score (nSPS) is 23.1. The molecule has 2 atom stereocenters. The van der Waals surface area contributed by atoms with Gasteiger partial charge in [-0.3, -0.25) is 15.6 Å². The molecule has 2 unspecified atom stereocenters. The Morgan fingerprint density at radius 3 is 2.61 bits per heavy atom. The molecule has 1 aromatic carbocycles. The average Bonchev–Trinajstić information content (AvgIpc) is 2.70. The van der Waals surface area contributed by atoms with Gasteiger partial charge in [-0.05, 0) is 19.1 Å². The first kappa shape index (κ1) is 12.9. The minimum absolute atomic E-state index is 0.000863. The minimum atomic E-state index is -0.752. The summed E-state index contributed by atoms with van der Waals surface area (Å²) in [5.74, 6) is -1.71. The van der Waals surface area contributed by atoms with Gasteiger partial charge in [-0.2, -0.15) is 0 Å². The maximum Gasteiger partial charge on any atom is 0.251 e. The molecule has 1 fully saturated rings. The highest BCUT2D eigenvalue weighted by molar-refractivity contribution is 5.94. The smallest absolute Gasteiger partial charge is 0.251 e. The SMILES string of the molecule is CC1NNCC1CNC(=O)c1cc(F)cc(F)c1. The second-order valence-corrected chi connectivity index (χ2v) is 4.44. The summed E-state index contributed by atoms with van der Waals surface area (Å²) in [5.41, 5.74) is 6.01. The third-order valence-corrected chi connectivity index (χ3v) is 3.05. The van der Waals surface area contributed by atoms with Crippen LogP contribution in [-0.2, 0) is 0 Å². The number of carbonyl (C=O) groups is 1. The molecule has 2 rings (SSSR count). The molecule has 0 radical (unpaired) electrons. The fourth-order valence-corrected chi connectivity index (χ4v) is 1.91. The van der Waals surface area contributed by atoms with Crippen molar-refractivity contribution in [3.63, 3.8) is 0 Å². The molecule has 1 aliphatic rings. The number of halogens is 2. The van der Waals surface area contributed by atoms with Crippen LogP contribution in [0.15, 0.2) is 18.2 Å². The highest BCUT2D eigenvalue weighted by atomic mass is 19.1. The van der Waals surface area contributed by atoms with Crippen LogP contribution >= 0.6 is 0 Å². The van der Waals surface area contributed by atoms with Crippen LogP contribution in [-0.4, -0.2) is 25.0 Å². The predicted molar refractivity (Wildman–Crippen MR) is 62.8 cm³/mol. The van der Waals surface area contributed by atoms with Crippen LogP contribution < -0.4 is 16.2 Å². The Balaban J connectivity index is 1.95. The van der Waals surface area contributed by atoms with E-state index in [2.05, 4.69) is 16.2 Å². The van der Waals surface area contributed by atoms with Crippen molar-refractivity contribution < 1.29 is 13.6 Å². The zero-order valence-corrected chi connectivity index (χ0v) is 9.97. The largest absolute Gasteiger partial charge is 0.352 e. The van der Waals surface area contributed by atoms with Gasteiger partial charge in [0.25, 0.3) is 5.91 Å². The van der Waals surface area contributed by atoms with E-state index in [-0.39, 0.29) is 17.5 Å². The summed E-state index contributed by atoms with van der Waals surface area (Å²) in [6.45, 7) is 3.20. The quantitative estimate of drug-likeness (QED) is 0.749. The Bertz CT molecular complexity index is 433. The van der Waals surface area contributed by atoms with Crippen molar-refractivity contribution in [1.29, 1.82) is 0 Å². The molecule has 1 saturated heterocycles. The van der Waals surface area contributed by atoms with E-state index in [0.29, 0.717) is 6.54 Å². The van der Waals surface area contributed by atoms with Crippen molar-refractivity contribution in [2.24, 2.45) is 5.92 Å². The molecule has 0 saturated carbocycles. The molecule has 1 aromatic rings. The first-order chi connectivity index (χ1) is 8.56. The standard InChI is InChI=1S/C12H15F2N3O/c1-7-9(6-16-17-7)5-15-12(18)8-2-10(13)4-11(14)3-8/h2-4,7,9,16-17H,5-6H2,1H3,(H,15,18). The van der Waals surface area contributed by atoms with Gasteiger partial charge in [0.15, 0.2) is 0 Å². The van der Waals surface area contributed by atoms with E-state index in [0.717, 1.165) is 24.7 Å². The molecule has 4 nitrogen and oxygen atoms in total. The fraction of sp³-hybridized carbons (Fsp3) is 0.417. The van der Waals surface area contributed by atoms with Gasteiger partial charge < -0.3 is 5.32 Å². The predicted octanol–water partition coefficient (Wildman–Crippen LogP) is 0.807. The molecule has 0 aliphatic carbocycles. The molecule has 3 N–H and O–H groups in total. The van der Waals surface area contributed by atoms with E-state index in [1.165, 1.54) is 0 Å². The number of hydrazine groups is 1. The number of nitrogens with one attached hydrogen (secondary N) is 3. The van der Waals surface area contributed by atoms with Crippen LogP contribution in [0.4, 0.5) is 8.78 Å². The van der Waals surface area contributed by atoms with Crippen molar-refractivity contribution in [3.8, 4) is 0 Å². The Morgan fingerprint density at radius 1 is 1.39 bits per heavy atom. The molecule has 0 aromatic heterocycles. The van der Waals surface area contributed by atoms with Crippen LogP contribution in [0.25, 0.3) is 0 Å². The number of amides is 1. The second kappa shape index (κ2) is 5.41. The second-order valence-electron chi connectivity index (χ2n) is 4.44. The van der Waals surface area contributed by atoms with Crippen molar-refractivity contribution in [2.45, 2.75) is 13.0 Å². The van der Waals surface area contributed by atoms with Crippen LogP contribution in [0.1, 0.15) is 17.3 Å². The van der Waals surface area contributed by atoms with Crippen LogP contribution in [0, 0.1) is 17.6 Å². The van der Waals surface area contributed by atoms with Gasteiger partial charge in [0.05, 0.1) is 0 Å². The lowest BCUT2D eigenvalue weighted by Crippen LogP contribution is -2.35. The van der Waals surface area contributed by atoms with Gasteiger partial charge in [0, 0.05) is 36.7 Å². The number of hydrogen-bond donors (Lipinski definition) is 3. The highest BCUT2D eigenvalue weighted by Gasteiger charge is 2.23. The summed E-state index contributed by atoms with van der Waals surface area (Å²) in [7, 11) is 0. The lowest BCUT2D eigenvalue weighted by Gasteiger charge is -2.14. The first-order valence-corrected chi connectivity index (χ1v) is 5.79. The highest BCUT2D eigenvalue weighted by Crippen LogP contribution is 2.09. The molecule has 0 spiro atoms. The van der Waals surface area contributed by atoms with Gasteiger partial charge in [-0.25, -0.2) is 8.78 Å². The van der Waals surface area contributed by atoms with E-state index in [1.807, 2.05) is 6.92 Å². The van der Waals surface area contributed by atoms with Crippen molar-refractivity contribution >= 4 is 5.91 Å². The van der Waals surface area contributed by atoms with Gasteiger partial charge >= 0.3 is 0 Å². The fourth-order valence-electron chi connectivity index (χ4n) is 1.91. The third-order valence-electron chi connectivity index (χ3n) is 3.05. The molecule has 6 heteroatoms. The van der Waals surface area contributed by atoms with E-state index < -0.39 is 17.5 Å². The zero-order chi connectivity index (χ0) is 13.1. The van der Waals surface area contributed by atoms with Crippen molar-refractivity contribution in [1.82, 2.24) is 16.2 Å². The number of rotatable bonds is 3. The van der Waals surface area contributed by atoms with Gasteiger partial charge in [-0.15, -0.1) is 0 Å². The zero-order valence-electron chi connectivity index (χ0n) is 9.97. The summed E-state index contributed by atoms with van der Waals surface area (Å²) < 4.78 is 25.9. The lowest BCUT2D eigenvalue weighted by atomic mass is 10.0. The van der Waals surface area contributed by atoms with E-state index in [9.17, 15) is 13.6 Å². The molecule has 18 heavy (non-hydrogen) atoms.